The van der Waals surface area contributed by atoms with Crippen molar-refractivity contribution >= 4 is 0 Å². The summed E-state index contributed by atoms with van der Waals surface area (Å²) in [6.07, 6.45) is 0.982. The van der Waals surface area contributed by atoms with E-state index >= 15 is 0 Å². The summed E-state index contributed by atoms with van der Waals surface area (Å²) in [6.45, 7) is 3.03. The SMILES string of the molecule is CCCOc1ccc(-c2ccc(CN)c(=O)[nH]2)cc1. The molecule has 0 bridgehead atoms. The molecule has 0 aliphatic heterocycles. The molecule has 0 radical (unpaired) electrons. The molecule has 0 unspecified atom stereocenters. The maximum Gasteiger partial charge on any atom is 0.252 e. The van der Waals surface area contributed by atoms with E-state index in [1.54, 1.807) is 6.07 Å². The van der Waals surface area contributed by atoms with Crippen molar-refractivity contribution in [2.75, 3.05) is 6.61 Å². The molecule has 0 aliphatic rings. The molecule has 19 heavy (non-hydrogen) atoms. The van der Waals surface area contributed by atoms with Gasteiger partial charge in [-0.1, -0.05) is 13.0 Å². The fraction of sp³-hybridized carbons (Fsp3) is 0.267. The second kappa shape index (κ2) is 6.20. The van der Waals surface area contributed by atoms with Gasteiger partial charge < -0.3 is 15.5 Å². The predicted molar refractivity (Wildman–Crippen MR) is 76.2 cm³/mol. The number of aromatic nitrogens is 1. The molecule has 0 fully saturated rings. The minimum atomic E-state index is -0.133. The summed E-state index contributed by atoms with van der Waals surface area (Å²) in [5.74, 6) is 0.839. The summed E-state index contributed by atoms with van der Waals surface area (Å²) in [6, 6.07) is 11.3. The van der Waals surface area contributed by atoms with Gasteiger partial charge >= 0.3 is 0 Å². The van der Waals surface area contributed by atoms with Crippen LogP contribution in [-0.2, 0) is 6.54 Å². The average molecular weight is 258 g/mol. The van der Waals surface area contributed by atoms with Gasteiger partial charge in [-0.15, -0.1) is 0 Å². The third-order valence-electron chi connectivity index (χ3n) is 2.85. The number of benzene rings is 1. The van der Waals surface area contributed by atoms with Crippen molar-refractivity contribution in [3.63, 3.8) is 0 Å². The van der Waals surface area contributed by atoms with Crippen molar-refractivity contribution in [1.82, 2.24) is 4.98 Å². The Morgan fingerprint density at radius 3 is 2.47 bits per heavy atom. The van der Waals surface area contributed by atoms with E-state index in [1.165, 1.54) is 0 Å². The lowest BCUT2D eigenvalue weighted by Crippen LogP contribution is -2.15. The molecular formula is C15H18N2O2. The second-order valence-electron chi connectivity index (χ2n) is 4.30. The van der Waals surface area contributed by atoms with E-state index < -0.39 is 0 Å². The molecule has 0 saturated heterocycles. The first-order chi connectivity index (χ1) is 9.24. The monoisotopic (exact) mass is 258 g/mol. The van der Waals surface area contributed by atoms with Gasteiger partial charge in [0.1, 0.15) is 5.75 Å². The fourth-order valence-corrected chi connectivity index (χ4v) is 1.78. The first kappa shape index (κ1) is 13.4. The number of hydrogen-bond donors (Lipinski definition) is 2. The zero-order valence-corrected chi connectivity index (χ0v) is 11.0. The van der Waals surface area contributed by atoms with Crippen LogP contribution in [-0.4, -0.2) is 11.6 Å². The summed E-state index contributed by atoms with van der Waals surface area (Å²) in [5, 5.41) is 0. The van der Waals surface area contributed by atoms with Gasteiger partial charge in [-0.25, -0.2) is 0 Å². The normalized spacial score (nSPS) is 10.4. The summed E-state index contributed by atoms with van der Waals surface area (Å²) >= 11 is 0. The largest absolute Gasteiger partial charge is 0.494 e. The maximum atomic E-state index is 11.7. The Hall–Kier alpha value is -2.07. The average Bonchev–Trinajstić information content (AvgIpc) is 2.45. The van der Waals surface area contributed by atoms with E-state index in [-0.39, 0.29) is 12.1 Å². The molecule has 2 aromatic rings. The summed E-state index contributed by atoms with van der Waals surface area (Å²) in [7, 11) is 0. The molecule has 3 N–H and O–H groups in total. The zero-order valence-electron chi connectivity index (χ0n) is 11.0. The standard InChI is InChI=1S/C15H18N2O2/c1-2-9-19-13-6-3-11(4-7-13)14-8-5-12(10-16)15(18)17-14/h3-8H,2,9-10,16H2,1H3,(H,17,18). The Morgan fingerprint density at radius 2 is 1.89 bits per heavy atom. The highest BCUT2D eigenvalue weighted by Gasteiger charge is 2.02. The minimum Gasteiger partial charge on any atom is -0.494 e. The van der Waals surface area contributed by atoms with Crippen molar-refractivity contribution in [2.24, 2.45) is 5.73 Å². The first-order valence-electron chi connectivity index (χ1n) is 6.40. The quantitative estimate of drug-likeness (QED) is 0.864. The van der Waals surface area contributed by atoms with Crippen molar-refractivity contribution in [3.8, 4) is 17.0 Å². The molecule has 1 heterocycles. The van der Waals surface area contributed by atoms with Crippen LogP contribution in [0.3, 0.4) is 0 Å². The maximum absolute atomic E-state index is 11.7. The van der Waals surface area contributed by atoms with Crippen molar-refractivity contribution in [3.05, 3.63) is 52.3 Å². The lowest BCUT2D eigenvalue weighted by molar-refractivity contribution is 0.317. The van der Waals surface area contributed by atoms with Gasteiger partial charge in [-0.05, 0) is 42.3 Å². The van der Waals surface area contributed by atoms with E-state index in [1.807, 2.05) is 30.3 Å². The van der Waals surface area contributed by atoms with Crippen molar-refractivity contribution in [2.45, 2.75) is 19.9 Å². The van der Waals surface area contributed by atoms with E-state index in [0.717, 1.165) is 23.4 Å². The zero-order chi connectivity index (χ0) is 13.7. The lowest BCUT2D eigenvalue weighted by Gasteiger charge is -2.06. The van der Waals surface area contributed by atoms with Crippen LogP contribution in [0.1, 0.15) is 18.9 Å². The Labute approximate surface area is 112 Å². The van der Waals surface area contributed by atoms with Gasteiger partial charge in [0.2, 0.25) is 0 Å². The number of H-pyrrole nitrogens is 1. The molecule has 0 saturated carbocycles. The van der Waals surface area contributed by atoms with Gasteiger partial charge in [-0.2, -0.15) is 0 Å². The number of rotatable bonds is 5. The van der Waals surface area contributed by atoms with E-state index in [2.05, 4.69) is 11.9 Å². The summed E-state index contributed by atoms with van der Waals surface area (Å²) < 4.78 is 5.52. The van der Waals surface area contributed by atoms with Crippen LogP contribution >= 0.6 is 0 Å². The molecular weight excluding hydrogens is 240 g/mol. The molecule has 2 rings (SSSR count). The highest BCUT2D eigenvalue weighted by atomic mass is 16.5. The number of nitrogens with two attached hydrogens (primary N) is 1. The molecule has 100 valence electrons. The number of hydrogen-bond acceptors (Lipinski definition) is 3. The topological polar surface area (TPSA) is 68.1 Å². The van der Waals surface area contributed by atoms with Gasteiger partial charge in [0.25, 0.3) is 5.56 Å². The van der Waals surface area contributed by atoms with Crippen LogP contribution in [0.15, 0.2) is 41.2 Å². The Morgan fingerprint density at radius 1 is 1.16 bits per heavy atom. The van der Waals surface area contributed by atoms with Gasteiger partial charge in [0.05, 0.1) is 6.61 Å². The highest BCUT2D eigenvalue weighted by Crippen LogP contribution is 2.20. The van der Waals surface area contributed by atoms with Crippen LogP contribution < -0.4 is 16.0 Å². The molecule has 0 amide bonds. The van der Waals surface area contributed by atoms with E-state index in [4.69, 9.17) is 10.5 Å². The van der Waals surface area contributed by atoms with E-state index in [0.29, 0.717) is 12.2 Å². The van der Waals surface area contributed by atoms with Crippen LogP contribution in [0, 0.1) is 0 Å². The smallest absolute Gasteiger partial charge is 0.252 e. The van der Waals surface area contributed by atoms with Crippen molar-refractivity contribution < 1.29 is 4.74 Å². The summed E-state index contributed by atoms with van der Waals surface area (Å²) in [5.41, 5.74) is 7.66. The fourth-order valence-electron chi connectivity index (χ4n) is 1.78. The number of aromatic amines is 1. The Balaban J connectivity index is 2.22. The number of pyridine rings is 1. The van der Waals surface area contributed by atoms with Crippen molar-refractivity contribution in [1.29, 1.82) is 0 Å². The lowest BCUT2D eigenvalue weighted by atomic mass is 10.1. The Bertz CT molecular complexity index is 588. The molecule has 0 aliphatic carbocycles. The van der Waals surface area contributed by atoms with E-state index in [9.17, 15) is 4.79 Å². The first-order valence-corrected chi connectivity index (χ1v) is 6.40. The van der Waals surface area contributed by atoms with Gasteiger partial charge in [0, 0.05) is 17.8 Å². The predicted octanol–water partition coefficient (Wildman–Crippen LogP) is 2.29. The third kappa shape index (κ3) is 3.23. The van der Waals surface area contributed by atoms with Crippen LogP contribution in [0.5, 0.6) is 5.75 Å². The van der Waals surface area contributed by atoms with Gasteiger partial charge in [0.15, 0.2) is 0 Å². The molecule has 0 spiro atoms. The molecule has 1 aromatic carbocycles. The molecule has 4 nitrogen and oxygen atoms in total. The second-order valence-corrected chi connectivity index (χ2v) is 4.30. The minimum absolute atomic E-state index is 0.133. The molecule has 0 atom stereocenters. The molecule has 4 heteroatoms. The third-order valence-corrected chi connectivity index (χ3v) is 2.85. The van der Waals surface area contributed by atoms with Crippen LogP contribution in [0.2, 0.25) is 0 Å². The molecule has 1 aromatic heterocycles. The highest BCUT2D eigenvalue weighted by molar-refractivity contribution is 5.60. The number of ether oxygens (including phenoxy) is 1. The summed E-state index contributed by atoms with van der Waals surface area (Å²) in [4.78, 5) is 14.5. The van der Waals surface area contributed by atoms with Gasteiger partial charge in [-0.3, -0.25) is 4.79 Å². The number of nitrogens with one attached hydrogen (secondary N) is 1. The Kier molecular flexibility index (Phi) is 4.36. The van der Waals surface area contributed by atoms with Crippen LogP contribution in [0.25, 0.3) is 11.3 Å². The van der Waals surface area contributed by atoms with Crippen LogP contribution in [0.4, 0.5) is 0 Å².